The van der Waals surface area contributed by atoms with Crippen molar-refractivity contribution in [3.8, 4) is 0 Å². The molecule has 0 rings (SSSR count). The Labute approximate surface area is 489 Å². The van der Waals surface area contributed by atoms with E-state index < -0.39 is 5.97 Å². The highest BCUT2D eigenvalue weighted by Gasteiger charge is 2.03. The molecule has 0 fully saturated rings. The van der Waals surface area contributed by atoms with Gasteiger partial charge in [0.2, 0.25) is 0 Å². The van der Waals surface area contributed by atoms with Crippen LogP contribution in [0.1, 0.15) is 6.92 Å². The molecule has 0 aromatic heterocycles. The highest BCUT2D eigenvalue weighted by Crippen LogP contribution is 1.94. The van der Waals surface area contributed by atoms with E-state index in [-0.39, 0.29) is 6.61 Å². The third kappa shape index (κ3) is 74.3. The molecule has 0 bridgehead atoms. The van der Waals surface area contributed by atoms with E-state index in [9.17, 15) is 4.79 Å². The van der Waals surface area contributed by atoms with E-state index in [1.165, 1.54) is 0 Å². The highest BCUT2D eigenvalue weighted by molar-refractivity contribution is 5.86. The molecule has 0 unspecified atom stereocenters. The summed E-state index contributed by atoms with van der Waals surface area (Å²) in [5.41, 5.74) is 0.364. The van der Waals surface area contributed by atoms with Crippen LogP contribution in [0.25, 0.3) is 0 Å². The topological polar surface area (TPSA) is 257 Å². The number of carbonyl (C=O) groups is 1. The van der Waals surface area contributed by atoms with Gasteiger partial charge in [-0.1, -0.05) is 6.58 Å². The first kappa shape index (κ1) is 80.2. The zero-order valence-electron chi connectivity index (χ0n) is 50.1. The lowest BCUT2D eigenvalue weighted by atomic mass is 10.4. The first-order valence-electron chi connectivity index (χ1n) is 28.9. The predicted molar refractivity (Wildman–Crippen MR) is 297 cm³/mol. The Bertz CT molecular complexity index is 1200. The monoisotopic (exact) mass is 1200 g/mol. The third-order valence-corrected chi connectivity index (χ3v) is 9.80. The Kier molecular flexibility index (Phi) is 73.7. The summed E-state index contributed by atoms with van der Waals surface area (Å²) in [5, 5.41) is 0. The fourth-order valence-electron chi connectivity index (χ4n) is 5.62. The summed E-state index contributed by atoms with van der Waals surface area (Å²) >= 11 is 0. The van der Waals surface area contributed by atoms with Crippen molar-refractivity contribution in [2.45, 2.75) is 6.92 Å². The first-order chi connectivity index (χ1) is 40.7. The molecule has 0 aromatic carbocycles. The fourth-order valence-corrected chi connectivity index (χ4v) is 5.62. The Morgan fingerprint density at radius 3 is 0.390 bits per heavy atom. The van der Waals surface area contributed by atoms with Gasteiger partial charge >= 0.3 is 5.97 Å². The van der Waals surface area contributed by atoms with Gasteiger partial charge in [0.05, 0.1) is 324 Å². The maximum atomic E-state index is 11.2. The predicted octanol–water partition coefficient (Wildman–Crippen LogP) is 1.15. The maximum Gasteiger partial charge on any atom is 0.333 e. The van der Waals surface area contributed by atoms with Gasteiger partial charge in [0.25, 0.3) is 0 Å². The lowest BCUT2D eigenvalue weighted by molar-refractivity contribution is -0.140. The molecule has 0 saturated heterocycles. The molecule has 0 heterocycles. The van der Waals surface area contributed by atoms with Crippen LogP contribution in [0.3, 0.4) is 0 Å². The van der Waals surface area contributed by atoms with Gasteiger partial charge in [-0.2, -0.15) is 0 Å². The van der Waals surface area contributed by atoms with Crippen LogP contribution < -0.4 is 0 Å². The Balaban J connectivity index is 3.09. The number of methoxy groups -OCH3 is 1. The Morgan fingerprint density at radius 1 is 0.195 bits per heavy atom. The molecule has 27 heteroatoms. The number of carbonyl (C=O) groups excluding carboxylic acids is 1. The smallest absolute Gasteiger partial charge is 0.333 e. The minimum absolute atomic E-state index is 0.190. The molecule has 490 valence electrons. The quantitative estimate of drug-likeness (QED) is 0.0470. The molecule has 0 saturated carbocycles. The molecule has 0 radical (unpaired) electrons. The van der Waals surface area contributed by atoms with Crippen molar-refractivity contribution in [3.63, 3.8) is 0 Å². The second-order valence-electron chi connectivity index (χ2n) is 16.6. The van der Waals surface area contributed by atoms with Crippen molar-refractivity contribution in [1.29, 1.82) is 0 Å². The lowest BCUT2D eigenvalue weighted by Gasteiger charge is -2.09. The number of ether oxygens (including phenoxy) is 26. The van der Waals surface area contributed by atoms with Crippen LogP contribution in [0, 0.1) is 0 Å². The Morgan fingerprint density at radius 2 is 0.293 bits per heavy atom. The second kappa shape index (κ2) is 75.3. The van der Waals surface area contributed by atoms with Crippen molar-refractivity contribution in [1.82, 2.24) is 0 Å². The molecule has 0 amide bonds. The van der Waals surface area contributed by atoms with Crippen LogP contribution in [0.5, 0.6) is 0 Å². The molecular formula is C55H108O27. The first-order valence-corrected chi connectivity index (χ1v) is 28.9. The molecule has 0 spiro atoms. The van der Waals surface area contributed by atoms with Crippen LogP contribution in [-0.4, -0.2) is 343 Å². The van der Waals surface area contributed by atoms with E-state index in [0.717, 1.165) is 0 Å². The van der Waals surface area contributed by atoms with Gasteiger partial charge in [0, 0.05) is 12.7 Å². The molecular weight excluding hydrogens is 1090 g/mol. The maximum absolute atomic E-state index is 11.2. The normalized spacial score (nSPS) is 11.6. The number of hydrogen-bond acceptors (Lipinski definition) is 27. The molecule has 27 nitrogen and oxygen atoms in total. The van der Waals surface area contributed by atoms with Crippen molar-refractivity contribution in [2.24, 2.45) is 0 Å². The average Bonchev–Trinajstić information content (AvgIpc) is 3.48. The number of rotatable bonds is 76. The summed E-state index contributed by atoms with van der Waals surface area (Å²) < 4.78 is 141. The van der Waals surface area contributed by atoms with Crippen molar-refractivity contribution >= 4 is 5.97 Å². The molecule has 0 aromatic rings. The summed E-state index contributed by atoms with van der Waals surface area (Å²) in [7, 11) is 1.64. The largest absolute Gasteiger partial charge is 0.460 e. The lowest BCUT2D eigenvalue weighted by Crippen LogP contribution is -2.16. The molecule has 82 heavy (non-hydrogen) atoms. The van der Waals surface area contributed by atoms with E-state index in [1.54, 1.807) is 14.0 Å². The van der Waals surface area contributed by atoms with Gasteiger partial charge in [0.15, 0.2) is 0 Å². The number of esters is 1. The van der Waals surface area contributed by atoms with Crippen LogP contribution in [0.4, 0.5) is 0 Å². The van der Waals surface area contributed by atoms with Gasteiger partial charge in [-0.3, -0.25) is 0 Å². The van der Waals surface area contributed by atoms with Gasteiger partial charge in [-0.15, -0.1) is 0 Å². The highest BCUT2D eigenvalue weighted by atomic mass is 16.6. The van der Waals surface area contributed by atoms with Gasteiger partial charge < -0.3 is 123 Å². The second-order valence-corrected chi connectivity index (χ2v) is 16.6. The van der Waals surface area contributed by atoms with Crippen LogP contribution in [0.15, 0.2) is 12.2 Å². The van der Waals surface area contributed by atoms with Crippen molar-refractivity contribution in [3.05, 3.63) is 12.2 Å². The third-order valence-electron chi connectivity index (χ3n) is 9.80. The van der Waals surface area contributed by atoms with E-state index in [4.69, 9.17) is 123 Å². The summed E-state index contributed by atoms with van der Waals surface area (Å²) in [6.07, 6.45) is 0. The number of hydrogen-bond donors (Lipinski definition) is 0. The zero-order chi connectivity index (χ0) is 58.9. The molecule has 0 atom stereocenters. The minimum Gasteiger partial charge on any atom is -0.460 e. The standard InChI is InChI=1S/C55H108O27/c1-54(2)55(56)82-53-52-81-51-50-80-49-48-79-47-46-78-45-44-77-43-42-76-41-40-75-39-38-74-37-36-73-35-34-72-33-32-71-31-30-70-29-28-69-27-26-68-25-24-67-23-22-66-21-20-65-19-18-64-17-16-63-15-14-62-13-12-61-11-10-60-9-8-59-7-6-58-5-4-57-3/h1,4-53H2,2-3H3. The fraction of sp³-hybridized carbons (Fsp3) is 0.945. The van der Waals surface area contributed by atoms with Crippen molar-refractivity contribution in [2.75, 3.05) is 337 Å². The molecule has 0 aliphatic carbocycles. The Hall–Kier alpha value is -1.79. The summed E-state index contributed by atoms with van der Waals surface area (Å²) in [5.74, 6) is -0.419. The van der Waals surface area contributed by atoms with Gasteiger partial charge in [0.1, 0.15) is 6.61 Å². The molecule has 0 aliphatic heterocycles. The SMILES string of the molecule is C=C(C)C(=O)OCCOCCOCCOCCOCCOCCOCCOCCOCCOCCOCCOCCOCCOCCOCCOCCOCCOCCOCCOCCOCCOCCOCCOCCOCCOC. The van der Waals surface area contributed by atoms with Gasteiger partial charge in [-0.05, 0) is 6.92 Å². The molecule has 0 aliphatic rings. The van der Waals surface area contributed by atoms with E-state index >= 15 is 0 Å². The summed E-state index contributed by atoms with van der Waals surface area (Å²) in [6, 6.07) is 0. The van der Waals surface area contributed by atoms with Crippen LogP contribution in [0.2, 0.25) is 0 Å². The average molecular weight is 1200 g/mol. The minimum atomic E-state index is -0.419. The van der Waals surface area contributed by atoms with E-state index in [2.05, 4.69) is 6.58 Å². The van der Waals surface area contributed by atoms with Gasteiger partial charge in [-0.25, -0.2) is 4.79 Å². The zero-order valence-corrected chi connectivity index (χ0v) is 50.1. The van der Waals surface area contributed by atoms with E-state index in [0.29, 0.717) is 329 Å². The summed E-state index contributed by atoms with van der Waals surface area (Å²) in [4.78, 5) is 11.2. The van der Waals surface area contributed by atoms with Crippen LogP contribution >= 0.6 is 0 Å². The van der Waals surface area contributed by atoms with Crippen molar-refractivity contribution < 1.29 is 128 Å². The molecule has 0 N–H and O–H groups in total. The van der Waals surface area contributed by atoms with Crippen LogP contribution in [-0.2, 0) is 128 Å². The van der Waals surface area contributed by atoms with E-state index in [1.807, 2.05) is 0 Å². The summed E-state index contributed by atoms with van der Waals surface area (Å²) in [6.45, 7) is 29.1.